The van der Waals surface area contributed by atoms with Crippen molar-refractivity contribution in [3.63, 3.8) is 0 Å². The van der Waals surface area contributed by atoms with E-state index in [2.05, 4.69) is 16.3 Å². The number of H-pyrrole nitrogens is 1. The van der Waals surface area contributed by atoms with Gasteiger partial charge in [-0.05, 0) is 25.5 Å². The Morgan fingerprint density at radius 1 is 1.37 bits per heavy atom. The molecule has 4 heterocycles. The van der Waals surface area contributed by atoms with Gasteiger partial charge in [-0.15, -0.1) is 0 Å². The minimum Gasteiger partial charge on any atom is -0.360 e. The number of aryl methyl sites for hydroxylation is 2. The van der Waals surface area contributed by atoms with Crippen molar-refractivity contribution in [1.82, 2.24) is 20.0 Å². The van der Waals surface area contributed by atoms with Crippen molar-refractivity contribution in [2.45, 2.75) is 38.6 Å². The largest absolute Gasteiger partial charge is 0.360 e. The van der Waals surface area contributed by atoms with Crippen LogP contribution in [0.1, 0.15) is 22.5 Å². The highest BCUT2D eigenvalue weighted by Gasteiger charge is 2.67. The first-order valence-corrected chi connectivity index (χ1v) is 10.3. The Morgan fingerprint density at radius 2 is 2.20 bits per heavy atom. The molecule has 156 valence electrons. The van der Waals surface area contributed by atoms with Crippen molar-refractivity contribution < 1.29 is 14.3 Å². The quantitative estimate of drug-likeness (QED) is 0.770. The number of aromatic nitrogens is 2. The summed E-state index contributed by atoms with van der Waals surface area (Å²) in [5.41, 5.74) is 3.32. The minimum atomic E-state index is -0.685. The van der Waals surface area contributed by atoms with Crippen molar-refractivity contribution in [1.29, 1.82) is 0 Å². The molecule has 7 heteroatoms. The van der Waals surface area contributed by atoms with Crippen molar-refractivity contribution in [2.75, 3.05) is 13.6 Å². The number of ether oxygens (including phenoxy) is 1. The Labute approximate surface area is 175 Å². The molecular weight excluding hydrogens is 380 g/mol. The average Bonchev–Trinajstić information content (AvgIpc) is 3.44. The van der Waals surface area contributed by atoms with Gasteiger partial charge in [0.15, 0.2) is 0 Å². The van der Waals surface area contributed by atoms with Gasteiger partial charge in [0.1, 0.15) is 5.60 Å². The summed E-state index contributed by atoms with van der Waals surface area (Å²) in [5.74, 6) is -1.02. The second kappa shape index (κ2) is 6.80. The molecule has 0 aliphatic carbocycles. The van der Waals surface area contributed by atoms with E-state index in [9.17, 15) is 9.59 Å². The summed E-state index contributed by atoms with van der Waals surface area (Å²) in [4.78, 5) is 30.2. The number of fused-ring (bicyclic) bond motifs is 1. The summed E-state index contributed by atoms with van der Waals surface area (Å²) in [6.07, 6.45) is 3.61. The third kappa shape index (κ3) is 2.96. The van der Waals surface area contributed by atoms with Crippen LogP contribution in [-0.4, -0.2) is 57.1 Å². The molecule has 1 N–H and O–H groups in total. The van der Waals surface area contributed by atoms with E-state index < -0.39 is 17.4 Å². The SMILES string of the molecule is Cc1cccc(CN2C[C@]34C=C[C@H](O3)[C@@H](C(=O)N(C)Cc3cc(C)[nH]n3)[C@H]4C2=O)c1. The van der Waals surface area contributed by atoms with E-state index in [1.165, 1.54) is 0 Å². The predicted octanol–water partition coefficient (Wildman–Crippen LogP) is 1.97. The summed E-state index contributed by atoms with van der Waals surface area (Å²) >= 11 is 0. The lowest BCUT2D eigenvalue weighted by molar-refractivity contribution is -0.142. The van der Waals surface area contributed by atoms with Gasteiger partial charge in [-0.1, -0.05) is 42.0 Å². The molecule has 2 amide bonds. The first-order chi connectivity index (χ1) is 14.4. The van der Waals surface area contributed by atoms with Crippen molar-refractivity contribution in [3.05, 3.63) is 65.0 Å². The number of hydrogen-bond donors (Lipinski definition) is 1. The Kier molecular flexibility index (Phi) is 4.32. The highest BCUT2D eigenvalue weighted by molar-refractivity contribution is 5.93. The zero-order valence-corrected chi connectivity index (χ0v) is 17.5. The molecule has 1 aromatic carbocycles. The Morgan fingerprint density at radius 3 is 2.93 bits per heavy atom. The Bertz CT molecular complexity index is 1040. The zero-order chi connectivity index (χ0) is 21.0. The summed E-state index contributed by atoms with van der Waals surface area (Å²) in [5, 5.41) is 7.12. The van der Waals surface area contributed by atoms with Crippen LogP contribution in [0.25, 0.3) is 0 Å². The van der Waals surface area contributed by atoms with E-state index in [4.69, 9.17) is 4.74 Å². The van der Waals surface area contributed by atoms with E-state index in [0.717, 1.165) is 22.5 Å². The van der Waals surface area contributed by atoms with E-state index in [1.807, 2.05) is 55.2 Å². The van der Waals surface area contributed by atoms with Gasteiger partial charge < -0.3 is 14.5 Å². The molecule has 0 unspecified atom stereocenters. The number of carbonyl (C=O) groups is 2. The maximum Gasteiger partial charge on any atom is 0.230 e. The minimum absolute atomic E-state index is 0.00530. The van der Waals surface area contributed by atoms with Crippen molar-refractivity contribution >= 4 is 11.8 Å². The third-order valence-corrected chi connectivity index (χ3v) is 6.45. The second-order valence-electron chi connectivity index (χ2n) is 8.82. The van der Waals surface area contributed by atoms with Gasteiger partial charge in [0.25, 0.3) is 0 Å². The first kappa shape index (κ1) is 19.1. The number of likely N-dealkylation sites (tertiary alicyclic amines) is 1. The van der Waals surface area contributed by atoms with E-state index in [1.54, 1.807) is 11.9 Å². The van der Waals surface area contributed by atoms with Gasteiger partial charge in [0.05, 0.1) is 36.7 Å². The number of rotatable bonds is 5. The lowest BCUT2D eigenvalue weighted by Gasteiger charge is -2.27. The third-order valence-electron chi connectivity index (χ3n) is 6.45. The lowest BCUT2D eigenvalue weighted by atomic mass is 9.76. The van der Waals surface area contributed by atoms with Gasteiger partial charge in [0.2, 0.25) is 11.8 Å². The number of carbonyl (C=O) groups excluding carboxylic acids is 2. The Balaban J connectivity index is 1.36. The molecule has 3 aliphatic rings. The fourth-order valence-electron chi connectivity index (χ4n) is 5.16. The molecule has 2 saturated heterocycles. The van der Waals surface area contributed by atoms with Crippen LogP contribution < -0.4 is 0 Å². The molecule has 5 rings (SSSR count). The summed E-state index contributed by atoms with van der Waals surface area (Å²) in [7, 11) is 1.76. The van der Waals surface area contributed by atoms with Crippen molar-refractivity contribution in [3.8, 4) is 0 Å². The number of nitrogens with zero attached hydrogens (tertiary/aromatic N) is 3. The number of aromatic amines is 1. The van der Waals surface area contributed by atoms with Crippen LogP contribution in [0.2, 0.25) is 0 Å². The number of hydrogen-bond acceptors (Lipinski definition) is 4. The fourth-order valence-corrected chi connectivity index (χ4v) is 5.16. The predicted molar refractivity (Wildman–Crippen MR) is 110 cm³/mol. The van der Waals surface area contributed by atoms with Gasteiger partial charge in [-0.3, -0.25) is 14.7 Å². The molecule has 2 fully saturated rings. The monoisotopic (exact) mass is 406 g/mol. The molecule has 2 bridgehead atoms. The molecule has 1 aromatic heterocycles. The molecule has 3 aliphatic heterocycles. The smallest absolute Gasteiger partial charge is 0.230 e. The fraction of sp³-hybridized carbons (Fsp3) is 0.435. The summed E-state index contributed by atoms with van der Waals surface area (Å²) in [6, 6.07) is 10.1. The maximum atomic E-state index is 13.4. The standard InChI is InChI=1S/C23H26N4O3/c1-14-5-4-6-16(9-14)11-27-13-23-8-7-18(30-23)19(20(23)22(27)29)21(28)26(3)12-17-10-15(2)24-25-17/h4-10,18-20H,11-13H2,1-3H3,(H,24,25)/t18-,19+,20-,23-/m0/s1. The van der Waals surface area contributed by atoms with Crippen LogP contribution in [0.15, 0.2) is 42.5 Å². The Hall–Kier alpha value is -2.93. The topological polar surface area (TPSA) is 78.5 Å². The second-order valence-corrected chi connectivity index (χ2v) is 8.82. The first-order valence-electron chi connectivity index (χ1n) is 10.3. The van der Waals surface area contributed by atoms with E-state index in [0.29, 0.717) is 19.6 Å². The molecule has 1 spiro atoms. The lowest BCUT2D eigenvalue weighted by Crippen LogP contribution is -2.44. The van der Waals surface area contributed by atoms with Gasteiger partial charge in [-0.2, -0.15) is 5.10 Å². The van der Waals surface area contributed by atoms with Crippen molar-refractivity contribution in [2.24, 2.45) is 11.8 Å². The maximum absolute atomic E-state index is 13.4. The number of nitrogens with one attached hydrogen (secondary N) is 1. The van der Waals surface area contributed by atoms with E-state index >= 15 is 0 Å². The molecule has 30 heavy (non-hydrogen) atoms. The molecule has 0 saturated carbocycles. The van der Waals surface area contributed by atoms with Gasteiger partial charge in [-0.25, -0.2) is 0 Å². The summed E-state index contributed by atoms with van der Waals surface area (Å²) in [6.45, 7) is 5.39. The molecular formula is C23H26N4O3. The van der Waals surface area contributed by atoms with Crippen LogP contribution in [0.3, 0.4) is 0 Å². The van der Waals surface area contributed by atoms with Gasteiger partial charge in [0, 0.05) is 19.3 Å². The van der Waals surface area contributed by atoms with Gasteiger partial charge >= 0.3 is 0 Å². The normalized spacial score (nSPS) is 29.0. The highest BCUT2D eigenvalue weighted by Crippen LogP contribution is 2.52. The molecule has 0 radical (unpaired) electrons. The zero-order valence-electron chi connectivity index (χ0n) is 17.5. The van der Waals surface area contributed by atoms with Crippen LogP contribution in [-0.2, 0) is 27.4 Å². The van der Waals surface area contributed by atoms with Crippen LogP contribution in [0.5, 0.6) is 0 Å². The average molecular weight is 406 g/mol. The van der Waals surface area contributed by atoms with Crippen LogP contribution >= 0.6 is 0 Å². The number of benzene rings is 1. The number of amides is 2. The molecule has 7 nitrogen and oxygen atoms in total. The highest BCUT2D eigenvalue weighted by atomic mass is 16.5. The summed E-state index contributed by atoms with van der Waals surface area (Å²) < 4.78 is 6.24. The van der Waals surface area contributed by atoms with Crippen LogP contribution in [0, 0.1) is 25.7 Å². The molecule has 4 atom stereocenters. The van der Waals surface area contributed by atoms with Crippen LogP contribution in [0.4, 0.5) is 0 Å². The van der Waals surface area contributed by atoms with E-state index in [-0.39, 0.29) is 17.9 Å². The molecule has 2 aromatic rings.